The highest BCUT2D eigenvalue weighted by Crippen LogP contribution is 2.32. The fraction of sp³-hybridized carbons (Fsp3) is 0.423. The van der Waals surface area contributed by atoms with Crippen molar-refractivity contribution in [3.05, 3.63) is 65.2 Å². The Morgan fingerprint density at radius 1 is 1.27 bits per heavy atom. The third kappa shape index (κ3) is 5.25. The first-order valence-corrected chi connectivity index (χ1v) is 12.3. The Kier molecular flexibility index (Phi) is 7.10. The van der Waals surface area contributed by atoms with Crippen LogP contribution >= 0.6 is 11.3 Å². The summed E-state index contributed by atoms with van der Waals surface area (Å²) in [5.74, 6) is -0.0129. The molecule has 3 aromatic rings. The number of aliphatic hydroxyl groups excluding tert-OH is 1. The van der Waals surface area contributed by atoms with Crippen molar-refractivity contribution in [2.24, 2.45) is 5.92 Å². The minimum absolute atomic E-state index is 0.00797. The molecule has 2 aromatic heterocycles. The van der Waals surface area contributed by atoms with Gasteiger partial charge in [0.1, 0.15) is 5.76 Å². The Bertz CT molecular complexity index is 1090. The van der Waals surface area contributed by atoms with E-state index in [2.05, 4.69) is 4.98 Å². The van der Waals surface area contributed by atoms with E-state index in [-0.39, 0.29) is 30.6 Å². The fourth-order valence-electron chi connectivity index (χ4n) is 4.52. The highest BCUT2D eigenvalue weighted by Gasteiger charge is 2.42. The molecule has 1 saturated heterocycles. The van der Waals surface area contributed by atoms with Crippen molar-refractivity contribution in [1.29, 1.82) is 0 Å². The van der Waals surface area contributed by atoms with Crippen molar-refractivity contribution in [1.82, 2.24) is 9.88 Å². The van der Waals surface area contributed by atoms with Gasteiger partial charge in [-0.3, -0.25) is 14.6 Å². The number of carbonyl (C=O) groups excluding carboxylic acids is 2. The maximum Gasteiger partial charge on any atom is 0.234 e. The van der Waals surface area contributed by atoms with Crippen molar-refractivity contribution in [3.63, 3.8) is 0 Å². The number of aromatic nitrogens is 1. The predicted octanol–water partition coefficient (Wildman–Crippen LogP) is 4.61. The second-order valence-electron chi connectivity index (χ2n) is 9.17. The molecular formula is C26H30N2O4S. The number of aryl methyl sites for hydroxylation is 2. The van der Waals surface area contributed by atoms with Crippen LogP contribution in [0.1, 0.15) is 49.5 Å². The van der Waals surface area contributed by atoms with Gasteiger partial charge in [-0.15, -0.1) is 11.3 Å². The molecule has 0 saturated carbocycles. The number of thiazole rings is 1. The molecule has 0 spiro atoms. The van der Waals surface area contributed by atoms with Gasteiger partial charge in [-0.05, 0) is 42.0 Å². The smallest absolute Gasteiger partial charge is 0.234 e. The largest absolute Gasteiger partial charge is 0.468 e. The Morgan fingerprint density at radius 3 is 2.64 bits per heavy atom. The van der Waals surface area contributed by atoms with Crippen LogP contribution in [-0.4, -0.2) is 45.4 Å². The normalized spacial score (nSPS) is 19.2. The lowest BCUT2D eigenvalue weighted by Crippen LogP contribution is -2.44. The Morgan fingerprint density at radius 2 is 2.03 bits per heavy atom. The van der Waals surface area contributed by atoms with Gasteiger partial charge in [-0.25, -0.2) is 0 Å². The first kappa shape index (κ1) is 23.4. The highest BCUT2D eigenvalue weighted by molar-refractivity contribution is 7.13. The van der Waals surface area contributed by atoms with Crippen molar-refractivity contribution >= 4 is 23.0 Å². The number of carbonyl (C=O) groups is 2. The number of aliphatic hydroxyl groups is 1. The summed E-state index contributed by atoms with van der Waals surface area (Å²) in [7, 11) is 0. The Hall–Kier alpha value is -2.77. The summed E-state index contributed by atoms with van der Waals surface area (Å²) < 4.78 is 5.63. The van der Waals surface area contributed by atoms with Gasteiger partial charge >= 0.3 is 0 Å². The van der Waals surface area contributed by atoms with Gasteiger partial charge in [-0.2, -0.15) is 0 Å². The van der Waals surface area contributed by atoms with Crippen LogP contribution in [0.15, 0.2) is 52.7 Å². The molecule has 174 valence electrons. The van der Waals surface area contributed by atoms with Crippen molar-refractivity contribution in [3.8, 4) is 10.4 Å². The van der Waals surface area contributed by atoms with Crippen molar-refractivity contribution < 1.29 is 19.1 Å². The summed E-state index contributed by atoms with van der Waals surface area (Å²) in [5, 5.41) is 10.3. The van der Waals surface area contributed by atoms with E-state index in [0.29, 0.717) is 18.6 Å². The fourth-order valence-corrected chi connectivity index (χ4v) is 5.15. The first-order valence-electron chi connectivity index (χ1n) is 11.4. The summed E-state index contributed by atoms with van der Waals surface area (Å²) in [4.78, 5) is 33.4. The van der Waals surface area contributed by atoms with Crippen LogP contribution in [0.3, 0.4) is 0 Å². The number of hydrogen-bond acceptors (Lipinski definition) is 6. The third-order valence-electron chi connectivity index (χ3n) is 6.25. The molecule has 1 aromatic carbocycles. The average Bonchev–Trinajstić information content (AvgIpc) is 3.54. The van der Waals surface area contributed by atoms with Crippen molar-refractivity contribution in [2.45, 2.75) is 58.1 Å². The lowest BCUT2D eigenvalue weighted by molar-refractivity contribution is -0.140. The van der Waals surface area contributed by atoms with Crippen LogP contribution in [-0.2, 0) is 16.0 Å². The van der Waals surface area contributed by atoms with Gasteiger partial charge in [-0.1, -0.05) is 38.1 Å². The Labute approximate surface area is 198 Å². The van der Waals surface area contributed by atoms with Crippen molar-refractivity contribution in [2.75, 3.05) is 6.54 Å². The molecule has 3 heterocycles. The topological polar surface area (TPSA) is 83.6 Å². The summed E-state index contributed by atoms with van der Waals surface area (Å²) in [6, 6.07) is 9.43. The van der Waals surface area contributed by atoms with Gasteiger partial charge in [0.15, 0.2) is 5.78 Å². The van der Waals surface area contributed by atoms with E-state index in [1.807, 2.05) is 62.8 Å². The summed E-state index contributed by atoms with van der Waals surface area (Å²) >= 11 is 1.59. The molecule has 1 N–H and O–H groups in total. The second kappa shape index (κ2) is 10.0. The van der Waals surface area contributed by atoms with E-state index in [9.17, 15) is 14.7 Å². The second-order valence-corrected chi connectivity index (χ2v) is 10.1. The molecule has 3 atom stereocenters. The van der Waals surface area contributed by atoms with Crippen LogP contribution < -0.4 is 0 Å². The monoisotopic (exact) mass is 466 g/mol. The molecule has 4 rings (SSSR count). The molecule has 1 amide bonds. The molecular weight excluding hydrogens is 436 g/mol. The number of Topliss-reactive ketones (excluding diaryl/α,β-unsaturated/α-hetero) is 1. The molecule has 1 fully saturated rings. The number of β-amino-alcohol motifs (C(OH)–C–C–N with tert-alkyl or cyclic N) is 1. The molecule has 6 nitrogen and oxygen atoms in total. The molecule has 1 aliphatic rings. The number of ketones is 1. The molecule has 7 heteroatoms. The zero-order valence-corrected chi connectivity index (χ0v) is 20.0. The first-order chi connectivity index (χ1) is 15.8. The zero-order valence-electron chi connectivity index (χ0n) is 19.2. The Balaban J connectivity index is 1.43. The number of amides is 1. The van der Waals surface area contributed by atoms with E-state index >= 15 is 0 Å². The minimum Gasteiger partial charge on any atom is -0.468 e. The van der Waals surface area contributed by atoms with Crippen LogP contribution in [0.25, 0.3) is 10.4 Å². The molecule has 33 heavy (non-hydrogen) atoms. The molecule has 0 radical (unpaired) electrons. The van der Waals surface area contributed by atoms with Crippen LogP contribution in [0, 0.1) is 12.8 Å². The molecule has 0 bridgehead atoms. The maximum absolute atomic E-state index is 13.5. The molecule has 0 aliphatic carbocycles. The lowest BCUT2D eigenvalue weighted by Gasteiger charge is -2.29. The number of nitrogens with zero attached hydrogens (tertiary/aromatic N) is 2. The number of likely N-dealkylation sites (tertiary alicyclic amines) is 1. The SMILES string of the molecule is Cc1coc([C@H](C(=O)N2C[C@H](O)C[C@H]2C(=O)CCc2ccc(-c3cncs3)cc2)C(C)C)c1. The lowest BCUT2D eigenvalue weighted by atomic mass is 9.91. The van der Waals surface area contributed by atoms with E-state index in [4.69, 9.17) is 4.42 Å². The van der Waals surface area contributed by atoms with Crippen LogP contribution in [0.5, 0.6) is 0 Å². The molecule has 1 aliphatic heterocycles. The van der Waals surface area contributed by atoms with Gasteiger partial charge in [0, 0.05) is 25.6 Å². The van der Waals surface area contributed by atoms with E-state index in [1.165, 1.54) is 0 Å². The van der Waals surface area contributed by atoms with E-state index < -0.39 is 18.1 Å². The van der Waals surface area contributed by atoms with E-state index in [1.54, 1.807) is 22.5 Å². The minimum atomic E-state index is -0.687. The highest BCUT2D eigenvalue weighted by atomic mass is 32.1. The van der Waals surface area contributed by atoms with Crippen LogP contribution in [0.2, 0.25) is 0 Å². The van der Waals surface area contributed by atoms with Crippen LogP contribution in [0.4, 0.5) is 0 Å². The van der Waals surface area contributed by atoms with Gasteiger partial charge in [0.25, 0.3) is 0 Å². The summed E-state index contributed by atoms with van der Waals surface area (Å²) in [5.41, 5.74) is 4.94. The molecule has 0 unspecified atom stereocenters. The standard InChI is InChI=1S/C26H30N2O4S/c1-16(2)25(23-10-17(3)14-32-23)26(31)28-13-20(29)11-21(28)22(30)9-6-18-4-7-19(8-5-18)24-12-27-15-33-24/h4-5,7-8,10,12,14-16,20-21,25,29H,6,9,11,13H2,1-3H3/t20-,21+,25-/m1/s1. The third-order valence-corrected chi connectivity index (χ3v) is 7.08. The summed E-state index contributed by atoms with van der Waals surface area (Å²) in [6.07, 6.45) is 4.01. The van der Waals surface area contributed by atoms with Gasteiger partial charge in [0.05, 0.1) is 34.7 Å². The number of rotatable bonds is 8. The predicted molar refractivity (Wildman–Crippen MR) is 128 cm³/mol. The van der Waals surface area contributed by atoms with Gasteiger partial charge < -0.3 is 14.4 Å². The van der Waals surface area contributed by atoms with E-state index in [0.717, 1.165) is 21.6 Å². The zero-order chi connectivity index (χ0) is 23.5. The number of hydrogen-bond donors (Lipinski definition) is 1. The number of furan rings is 1. The number of benzene rings is 1. The quantitative estimate of drug-likeness (QED) is 0.524. The average molecular weight is 467 g/mol. The maximum atomic E-state index is 13.5. The summed E-state index contributed by atoms with van der Waals surface area (Å²) in [6.45, 7) is 6.05. The van der Waals surface area contributed by atoms with Gasteiger partial charge in [0.2, 0.25) is 5.91 Å².